The van der Waals surface area contributed by atoms with E-state index in [0.717, 1.165) is 88.8 Å². The van der Waals surface area contributed by atoms with Gasteiger partial charge in [-0.1, -0.05) is 181 Å². The highest BCUT2D eigenvalue weighted by Gasteiger charge is 2.46. The predicted molar refractivity (Wildman–Crippen MR) is 274 cm³/mol. The SMILES string of the molecule is CC1C2CC3CC(C2)CC1C3.CC1CC2CC2C1.CC1CC2CCC1C2.CC1CC2CCC1CC2.CC1CCCC2CCC1C2.CCC.CCC.CCC.CCC.CCC. The number of fused-ring (bicyclic) bond motifs is 8. The standard InChI is InChI=1S/C11H18.C10H18.C9H16.C8H14.C7H12.5C3H8/c1-7-10-3-8-2-9(5-10)6-11(7)4-8;1-8-3-2-4-9-5-6-10(8)7-9;1-7-6-8-2-4-9(7)5-3-8;1-6-4-7-2-3-8(6)5-7;1-5-2-6-4-7(6)3-5;5*1-3-2/h7-11H,2-6H2,1H3;8-10H,2-7H2,1H3;7-9H,2-6H2,1H3;6-8H,2-5H2,1H3;5-7H,2-4H2,1H3;5*3H2,1-2H3. The van der Waals surface area contributed by atoms with Gasteiger partial charge in [-0.3, -0.25) is 0 Å². The summed E-state index contributed by atoms with van der Waals surface area (Å²) in [6, 6.07) is 0. The molecule has 13 fully saturated rings. The van der Waals surface area contributed by atoms with Gasteiger partial charge in [0.15, 0.2) is 0 Å². The van der Waals surface area contributed by atoms with Crippen LogP contribution in [0.15, 0.2) is 0 Å². The number of hydrogen-bond donors (Lipinski definition) is 0. The molecule has 10 bridgehead atoms. The Hall–Kier alpha value is 0. The molecule has 0 amide bonds. The third kappa shape index (κ3) is 20.4. The van der Waals surface area contributed by atoms with E-state index in [1.54, 1.807) is 135 Å². The maximum absolute atomic E-state index is 2.51. The first-order chi connectivity index (χ1) is 28.8. The summed E-state index contributed by atoms with van der Waals surface area (Å²) < 4.78 is 0. The molecule has 0 aromatic carbocycles. The summed E-state index contributed by atoms with van der Waals surface area (Å²) >= 11 is 0. The lowest BCUT2D eigenvalue weighted by atomic mass is 9.52. The molecule has 0 heterocycles. The fourth-order valence-corrected chi connectivity index (χ4v) is 14.3. The van der Waals surface area contributed by atoms with Crippen LogP contribution in [0.1, 0.15) is 284 Å². The van der Waals surface area contributed by atoms with Crippen LogP contribution in [0.5, 0.6) is 0 Å². The van der Waals surface area contributed by atoms with Gasteiger partial charge in [0.05, 0.1) is 0 Å². The first-order valence-corrected chi connectivity index (χ1v) is 28.8. The lowest BCUT2D eigenvalue weighted by Crippen LogP contribution is -2.43. The second-order valence-electron chi connectivity index (χ2n) is 24.2. The average molecular weight is 840 g/mol. The Morgan fingerprint density at radius 3 is 0.917 bits per heavy atom. The van der Waals surface area contributed by atoms with Gasteiger partial charge in [-0.05, 0) is 203 Å². The largest absolute Gasteiger partial charge is 0.0656 e. The zero-order valence-electron chi connectivity index (χ0n) is 44.6. The van der Waals surface area contributed by atoms with Crippen molar-refractivity contribution in [1.29, 1.82) is 0 Å². The summed E-state index contributed by atoms with van der Waals surface area (Å²) in [7, 11) is 0. The van der Waals surface area contributed by atoms with E-state index in [0.29, 0.717) is 0 Å². The number of hydrogen-bond acceptors (Lipinski definition) is 0. The monoisotopic (exact) mass is 839 g/mol. The minimum Gasteiger partial charge on any atom is -0.0656 e. The lowest BCUT2D eigenvalue weighted by Gasteiger charge is -2.53. The van der Waals surface area contributed by atoms with E-state index in [2.05, 4.69) is 104 Å². The molecule has 13 aliphatic carbocycles. The van der Waals surface area contributed by atoms with Gasteiger partial charge < -0.3 is 0 Å². The topological polar surface area (TPSA) is 0 Å². The molecule has 13 rings (SSSR count). The van der Waals surface area contributed by atoms with Crippen molar-refractivity contribution in [2.24, 2.45) is 101 Å². The third-order valence-electron chi connectivity index (χ3n) is 17.3. The summed E-state index contributed by atoms with van der Waals surface area (Å²) in [6.45, 7) is 33.5. The first kappa shape index (κ1) is 56.1. The van der Waals surface area contributed by atoms with Crippen LogP contribution in [-0.2, 0) is 0 Å². The van der Waals surface area contributed by atoms with Gasteiger partial charge in [0.25, 0.3) is 0 Å². The van der Waals surface area contributed by atoms with Crippen molar-refractivity contribution >= 4 is 0 Å². The molecule has 60 heavy (non-hydrogen) atoms. The summed E-state index contributed by atoms with van der Waals surface area (Å²) in [5.41, 5.74) is 0. The molecule has 9 unspecified atom stereocenters. The molecule has 0 aromatic heterocycles. The Bertz CT molecular complexity index is 934. The Kier molecular flexibility index (Phi) is 29.8. The molecule has 0 saturated heterocycles. The molecule has 0 aliphatic heterocycles. The molecule has 0 aromatic rings. The lowest BCUT2D eigenvalue weighted by molar-refractivity contribution is -0.0282. The molecule has 13 saturated carbocycles. The normalized spacial score (nSPS) is 41.5. The maximum atomic E-state index is 2.51. The second-order valence-corrected chi connectivity index (χ2v) is 24.2. The van der Waals surface area contributed by atoms with E-state index >= 15 is 0 Å². The molecule has 0 radical (unpaired) electrons. The van der Waals surface area contributed by atoms with Gasteiger partial charge in [-0.25, -0.2) is 0 Å². The summed E-state index contributed by atoms with van der Waals surface area (Å²) in [5, 5.41) is 0. The minimum absolute atomic E-state index is 1.05. The van der Waals surface area contributed by atoms with Gasteiger partial charge in [0, 0.05) is 0 Å². The van der Waals surface area contributed by atoms with Crippen molar-refractivity contribution < 1.29 is 0 Å². The summed E-state index contributed by atoms with van der Waals surface area (Å²) in [6.07, 6.45) is 42.1. The highest BCUT2D eigenvalue weighted by Crippen LogP contribution is 2.56. The van der Waals surface area contributed by atoms with Crippen molar-refractivity contribution in [2.75, 3.05) is 0 Å². The van der Waals surface area contributed by atoms with E-state index in [1.165, 1.54) is 56.8 Å². The van der Waals surface area contributed by atoms with E-state index in [1.807, 2.05) is 0 Å². The molecule has 0 nitrogen and oxygen atoms in total. The molecule has 0 N–H and O–H groups in total. The minimum atomic E-state index is 1.05. The zero-order chi connectivity index (χ0) is 44.6. The van der Waals surface area contributed by atoms with Crippen LogP contribution >= 0.6 is 0 Å². The molecule has 358 valence electrons. The van der Waals surface area contributed by atoms with E-state index in [9.17, 15) is 0 Å². The molecular formula is C60H118. The zero-order valence-corrected chi connectivity index (χ0v) is 44.6. The van der Waals surface area contributed by atoms with Gasteiger partial charge in [0.2, 0.25) is 0 Å². The molecule has 0 spiro atoms. The van der Waals surface area contributed by atoms with Crippen molar-refractivity contribution in [3.05, 3.63) is 0 Å². The van der Waals surface area contributed by atoms with Crippen molar-refractivity contribution in [2.45, 2.75) is 284 Å². The molecule has 0 heteroatoms. The highest BCUT2D eigenvalue weighted by atomic mass is 14.5. The maximum Gasteiger partial charge on any atom is -0.0380 e. The highest BCUT2D eigenvalue weighted by molar-refractivity contribution is 4.97. The molecule has 9 atom stereocenters. The molecule has 13 aliphatic rings. The summed E-state index contributed by atoms with van der Waals surface area (Å²) in [4.78, 5) is 0. The van der Waals surface area contributed by atoms with Crippen LogP contribution in [0, 0.1) is 101 Å². The number of rotatable bonds is 0. The van der Waals surface area contributed by atoms with Crippen LogP contribution in [0.2, 0.25) is 0 Å². The van der Waals surface area contributed by atoms with E-state index < -0.39 is 0 Å². The van der Waals surface area contributed by atoms with Crippen LogP contribution in [-0.4, -0.2) is 0 Å². The Morgan fingerprint density at radius 2 is 0.600 bits per heavy atom. The summed E-state index contributed by atoms with van der Waals surface area (Å²) in [5.74, 6) is 19.1. The molecular weight excluding hydrogens is 721 g/mol. The van der Waals surface area contributed by atoms with Crippen LogP contribution < -0.4 is 0 Å². The first-order valence-electron chi connectivity index (χ1n) is 28.8. The van der Waals surface area contributed by atoms with Crippen molar-refractivity contribution in [3.8, 4) is 0 Å². The van der Waals surface area contributed by atoms with Gasteiger partial charge in [-0.2, -0.15) is 0 Å². The quantitative estimate of drug-likeness (QED) is 0.228. The van der Waals surface area contributed by atoms with E-state index in [-0.39, 0.29) is 0 Å². The van der Waals surface area contributed by atoms with Crippen molar-refractivity contribution in [3.63, 3.8) is 0 Å². The fourth-order valence-electron chi connectivity index (χ4n) is 14.3. The van der Waals surface area contributed by atoms with Gasteiger partial charge >= 0.3 is 0 Å². The third-order valence-corrected chi connectivity index (χ3v) is 17.3. The smallest absolute Gasteiger partial charge is 0.0380 e. The fraction of sp³-hybridized carbons (Fsp3) is 1.00. The Labute approximate surface area is 382 Å². The van der Waals surface area contributed by atoms with E-state index in [4.69, 9.17) is 0 Å². The predicted octanol–water partition coefficient (Wildman–Crippen LogP) is 20.7. The second kappa shape index (κ2) is 31.8. The van der Waals surface area contributed by atoms with Gasteiger partial charge in [-0.15, -0.1) is 0 Å². The van der Waals surface area contributed by atoms with Crippen LogP contribution in [0.3, 0.4) is 0 Å². The van der Waals surface area contributed by atoms with Crippen LogP contribution in [0.25, 0.3) is 0 Å². The van der Waals surface area contributed by atoms with Crippen LogP contribution in [0.4, 0.5) is 0 Å². The Balaban J connectivity index is 0.000000240. The average Bonchev–Trinajstić information content (AvgIpc) is 3.62. The van der Waals surface area contributed by atoms with Crippen molar-refractivity contribution in [1.82, 2.24) is 0 Å². The Morgan fingerprint density at radius 1 is 0.250 bits per heavy atom. The van der Waals surface area contributed by atoms with Gasteiger partial charge in [0.1, 0.15) is 0 Å².